The molecule has 0 bridgehead atoms. The van der Waals surface area contributed by atoms with Gasteiger partial charge in [-0.3, -0.25) is 5.16 Å². The Morgan fingerprint density at radius 2 is 1.89 bits per heavy atom. The van der Waals surface area contributed by atoms with E-state index in [2.05, 4.69) is 9.88 Å². The molecule has 2 N–H and O–H groups in total. The Bertz CT molecular complexity index is 622. The van der Waals surface area contributed by atoms with Crippen LogP contribution in [0.4, 0.5) is 11.5 Å². The SMILES string of the molecule is Cc1cc([N-]S(=O)(=O)c2ccc(N)cc2)no1.[K+]. The molecule has 0 spiro atoms. The average Bonchev–Trinajstić information content (AvgIpc) is 2.63. The van der Waals surface area contributed by atoms with Gasteiger partial charge in [0.1, 0.15) is 5.76 Å². The van der Waals surface area contributed by atoms with Crippen LogP contribution in [0, 0.1) is 6.92 Å². The number of sulfonamides is 1. The molecule has 1 heterocycles. The molecule has 0 aliphatic heterocycles. The second kappa shape index (κ2) is 6.18. The van der Waals surface area contributed by atoms with Crippen molar-refractivity contribution < 1.29 is 64.3 Å². The minimum Gasteiger partial charge on any atom is -0.460 e. The van der Waals surface area contributed by atoms with Crippen molar-refractivity contribution in [2.45, 2.75) is 11.8 Å². The molecule has 8 heteroatoms. The topological polar surface area (TPSA) is 100 Å². The van der Waals surface area contributed by atoms with Gasteiger partial charge in [-0.15, -0.1) is 0 Å². The molecule has 0 aliphatic rings. The molecule has 0 aliphatic carbocycles. The quantitative estimate of drug-likeness (QED) is 0.575. The van der Waals surface area contributed by atoms with E-state index in [1.165, 1.54) is 30.3 Å². The molecule has 1 aromatic carbocycles. The Hall–Kier alpha value is -0.384. The maximum Gasteiger partial charge on any atom is 1.00 e. The largest absolute Gasteiger partial charge is 1.00 e. The zero-order valence-electron chi connectivity index (χ0n) is 9.99. The zero-order valence-corrected chi connectivity index (χ0v) is 13.9. The zero-order chi connectivity index (χ0) is 12.5. The summed E-state index contributed by atoms with van der Waals surface area (Å²) in [6, 6.07) is 7.21. The third-order valence-corrected chi connectivity index (χ3v) is 3.30. The summed E-state index contributed by atoms with van der Waals surface area (Å²) in [5.74, 6) is 0.524. The van der Waals surface area contributed by atoms with Gasteiger partial charge in [-0.05, 0) is 43.1 Å². The summed E-state index contributed by atoms with van der Waals surface area (Å²) in [6.45, 7) is 1.65. The van der Waals surface area contributed by atoms with Gasteiger partial charge in [0.25, 0.3) is 0 Å². The molecular weight excluding hydrogens is 281 g/mol. The number of hydrogen-bond acceptors (Lipinski definition) is 5. The van der Waals surface area contributed by atoms with Crippen LogP contribution >= 0.6 is 0 Å². The summed E-state index contributed by atoms with van der Waals surface area (Å²) in [5, 5.41) is 3.50. The number of nitrogen functional groups attached to an aromatic ring is 1. The summed E-state index contributed by atoms with van der Waals surface area (Å²) < 4.78 is 31.9. The summed E-state index contributed by atoms with van der Waals surface area (Å²) in [4.78, 5) is 0.0624. The first-order chi connectivity index (χ1) is 7.97. The van der Waals surface area contributed by atoms with Crippen molar-refractivity contribution in [2.75, 3.05) is 5.73 Å². The van der Waals surface area contributed by atoms with Crippen LogP contribution in [0.2, 0.25) is 0 Å². The van der Waals surface area contributed by atoms with E-state index >= 15 is 0 Å². The van der Waals surface area contributed by atoms with Crippen LogP contribution in [0.25, 0.3) is 4.72 Å². The van der Waals surface area contributed by atoms with Crippen LogP contribution in [0.5, 0.6) is 0 Å². The van der Waals surface area contributed by atoms with Gasteiger partial charge in [0.05, 0.1) is 4.90 Å². The van der Waals surface area contributed by atoms with Crippen molar-refractivity contribution in [3.8, 4) is 0 Å². The summed E-state index contributed by atoms with van der Waals surface area (Å²) >= 11 is 0. The van der Waals surface area contributed by atoms with Crippen LogP contribution in [-0.4, -0.2) is 13.6 Å². The first-order valence-corrected chi connectivity index (χ1v) is 6.18. The van der Waals surface area contributed by atoms with Gasteiger partial charge < -0.3 is 15.0 Å². The van der Waals surface area contributed by atoms with Crippen molar-refractivity contribution in [1.82, 2.24) is 5.16 Å². The second-order valence-electron chi connectivity index (χ2n) is 3.43. The predicted octanol–water partition coefficient (Wildman–Crippen LogP) is -1.04. The van der Waals surface area contributed by atoms with Crippen molar-refractivity contribution in [3.63, 3.8) is 0 Å². The van der Waals surface area contributed by atoms with Crippen LogP contribution < -0.4 is 57.1 Å². The fourth-order valence-electron chi connectivity index (χ4n) is 1.21. The molecule has 18 heavy (non-hydrogen) atoms. The summed E-state index contributed by atoms with van der Waals surface area (Å²) in [6.07, 6.45) is 0. The molecule has 0 amide bonds. The van der Waals surface area contributed by atoms with Crippen molar-refractivity contribution in [1.29, 1.82) is 0 Å². The Morgan fingerprint density at radius 1 is 1.28 bits per heavy atom. The standard InChI is InChI=1S/C10H10N3O3S.K/c1-7-6-10(12-16-7)13-17(14,15)9-4-2-8(11)3-5-9;/h2-6H,11H2,1H3;/q-1;+1. The molecule has 0 saturated carbocycles. The van der Waals surface area contributed by atoms with E-state index in [-0.39, 0.29) is 62.1 Å². The number of aryl methyl sites for hydroxylation is 1. The van der Waals surface area contributed by atoms with Gasteiger partial charge in [0.15, 0.2) is 0 Å². The van der Waals surface area contributed by atoms with E-state index in [0.717, 1.165) is 0 Å². The molecule has 90 valence electrons. The fourth-order valence-corrected chi connectivity index (χ4v) is 2.13. The fraction of sp³-hybridized carbons (Fsp3) is 0.100. The Morgan fingerprint density at radius 3 is 2.39 bits per heavy atom. The smallest absolute Gasteiger partial charge is 0.460 e. The summed E-state index contributed by atoms with van der Waals surface area (Å²) in [7, 11) is -3.77. The molecule has 1 aromatic heterocycles. The predicted molar refractivity (Wildman–Crippen MR) is 62.3 cm³/mol. The number of hydrogen-bond donors (Lipinski definition) is 1. The number of aromatic nitrogens is 1. The maximum atomic E-state index is 11.8. The van der Waals surface area contributed by atoms with Gasteiger partial charge in [-0.1, -0.05) is 0 Å². The number of rotatable bonds is 3. The molecule has 0 atom stereocenters. The Kier molecular flexibility index (Phi) is 5.38. The molecule has 2 aromatic rings. The van der Waals surface area contributed by atoms with E-state index in [1.807, 2.05) is 0 Å². The van der Waals surface area contributed by atoms with Crippen LogP contribution in [0.15, 0.2) is 39.8 Å². The number of nitrogens with zero attached hydrogens (tertiary/aromatic N) is 2. The average molecular weight is 291 g/mol. The molecule has 6 nitrogen and oxygen atoms in total. The van der Waals surface area contributed by atoms with E-state index in [4.69, 9.17) is 10.3 Å². The van der Waals surface area contributed by atoms with Gasteiger partial charge in [0, 0.05) is 5.69 Å². The van der Waals surface area contributed by atoms with Crippen molar-refractivity contribution in [2.24, 2.45) is 0 Å². The van der Waals surface area contributed by atoms with Gasteiger partial charge in [-0.25, -0.2) is 8.42 Å². The minimum atomic E-state index is -3.77. The molecule has 2 rings (SSSR count). The Balaban J connectivity index is 0.00000162. The molecular formula is C10H10KN3O3S. The first-order valence-electron chi connectivity index (χ1n) is 4.74. The molecule has 0 saturated heterocycles. The molecule has 0 radical (unpaired) electrons. The van der Waals surface area contributed by atoms with Crippen molar-refractivity contribution in [3.05, 3.63) is 40.8 Å². The van der Waals surface area contributed by atoms with Crippen LogP contribution in [-0.2, 0) is 10.0 Å². The number of benzene rings is 1. The van der Waals surface area contributed by atoms with Crippen LogP contribution in [0.1, 0.15) is 5.76 Å². The number of nitrogens with two attached hydrogens (primary N) is 1. The maximum absolute atomic E-state index is 11.8. The summed E-state index contributed by atoms with van der Waals surface area (Å²) in [5.41, 5.74) is 5.96. The van der Waals surface area contributed by atoms with Gasteiger partial charge in [0.2, 0.25) is 10.0 Å². The molecule has 0 fully saturated rings. The van der Waals surface area contributed by atoms with Gasteiger partial charge in [-0.2, -0.15) is 0 Å². The van der Waals surface area contributed by atoms with Crippen LogP contribution in [0.3, 0.4) is 0 Å². The van der Waals surface area contributed by atoms with E-state index < -0.39 is 10.0 Å². The molecule has 0 unspecified atom stereocenters. The number of anilines is 1. The van der Waals surface area contributed by atoms with Crippen molar-refractivity contribution >= 4 is 21.5 Å². The van der Waals surface area contributed by atoms with Gasteiger partial charge >= 0.3 is 51.4 Å². The normalized spacial score (nSPS) is 10.7. The van der Waals surface area contributed by atoms with E-state index in [9.17, 15) is 8.42 Å². The second-order valence-corrected chi connectivity index (χ2v) is 5.04. The monoisotopic (exact) mass is 291 g/mol. The van der Waals surface area contributed by atoms with E-state index in [0.29, 0.717) is 11.4 Å². The Labute approximate surface area is 147 Å². The van der Waals surface area contributed by atoms with E-state index in [1.54, 1.807) is 6.92 Å². The minimum absolute atomic E-state index is 0. The third-order valence-electron chi connectivity index (χ3n) is 2.01. The first kappa shape index (κ1) is 15.7. The third kappa shape index (κ3) is 3.80.